The smallest absolute Gasteiger partial charge is 0.123 e. The molecule has 0 aliphatic carbocycles. The Balaban J connectivity index is 2.48. The number of aryl methyl sites for hydroxylation is 1. The van der Waals surface area contributed by atoms with E-state index in [9.17, 15) is 4.39 Å². The molecule has 0 saturated heterocycles. The number of benzene rings is 2. The summed E-state index contributed by atoms with van der Waals surface area (Å²) < 4.78 is 18.9. The molecule has 112 valence electrons. The highest BCUT2D eigenvalue weighted by Crippen LogP contribution is 2.30. The van der Waals surface area contributed by atoms with Crippen molar-refractivity contribution in [2.45, 2.75) is 33.4 Å². The predicted octanol–water partition coefficient (Wildman–Crippen LogP) is 4.31. The van der Waals surface area contributed by atoms with E-state index in [-0.39, 0.29) is 5.82 Å². The lowest BCUT2D eigenvalue weighted by atomic mass is 9.95. The van der Waals surface area contributed by atoms with Gasteiger partial charge in [0.15, 0.2) is 0 Å². The molecule has 0 spiro atoms. The number of rotatable bonds is 5. The maximum atomic E-state index is 13.6. The molecule has 0 aliphatic heterocycles. The van der Waals surface area contributed by atoms with E-state index in [1.54, 1.807) is 13.2 Å². The third kappa shape index (κ3) is 3.82. The van der Waals surface area contributed by atoms with E-state index < -0.39 is 0 Å². The van der Waals surface area contributed by atoms with E-state index in [0.717, 1.165) is 34.5 Å². The molecule has 0 radical (unpaired) electrons. The first-order valence-corrected chi connectivity index (χ1v) is 7.18. The van der Waals surface area contributed by atoms with Crippen LogP contribution in [0.1, 0.15) is 25.0 Å². The van der Waals surface area contributed by atoms with Crippen LogP contribution in [-0.2, 0) is 6.54 Å². The largest absolute Gasteiger partial charge is 0.497 e. The molecule has 1 N–H and O–H groups in total. The van der Waals surface area contributed by atoms with Gasteiger partial charge in [0, 0.05) is 12.6 Å². The Morgan fingerprint density at radius 3 is 2.52 bits per heavy atom. The zero-order valence-corrected chi connectivity index (χ0v) is 13.0. The van der Waals surface area contributed by atoms with E-state index in [0.29, 0.717) is 6.04 Å². The minimum atomic E-state index is -0.214. The van der Waals surface area contributed by atoms with Gasteiger partial charge in [-0.05, 0) is 53.4 Å². The molecule has 0 heterocycles. The van der Waals surface area contributed by atoms with E-state index in [1.165, 1.54) is 6.07 Å². The van der Waals surface area contributed by atoms with Gasteiger partial charge < -0.3 is 10.1 Å². The third-order valence-corrected chi connectivity index (χ3v) is 3.50. The SMILES string of the molecule is COc1ccc(-c2cc(F)ccc2C)c(CNC(C)C)c1. The van der Waals surface area contributed by atoms with Gasteiger partial charge in [-0.3, -0.25) is 0 Å². The summed E-state index contributed by atoms with van der Waals surface area (Å²) in [6.45, 7) is 6.93. The van der Waals surface area contributed by atoms with Crippen LogP contribution in [0.5, 0.6) is 5.75 Å². The van der Waals surface area contributed by atoms with Crippen LogP contribution >= 0.6 is 0 Å². The lowest BCUT2D eigenvalue weighted by Gasteiger charge is -2.16. The quantitative estimate of drug-likeness (QED) is 0.885. The maximum Gasteiger partial charge on any atom is 0.123 e. The molecule has 2 nitrogen and oxygen atoms in total. The van der Waals surface area contributed by atoms with Crippen molar-refractivity contribution in [3.63, 3.8) is 0 Å². The van der Waals surface area contributed by atoms with Crippen molar-refractivity contribution >= 4 is 0 Å². The molecule has 0 bridgehead atoms. The molecule has 3 heteroatoms. The van der Waals surface area contributed by atoms with E-state index in [4.69, 9.17) is 4.74 Å². The van der Waals surface area contributed by atoms with Crippen LogP contribution in [0.4, 0.5) is 4.39 Å². The van der Waals surface area contributed by atoms with E-state index >= 15 is 0 Å². The van der Waals surface area contributed by atoms with Crippen LogP contribution in [0.15, 0.2) is 36.4 Å². The molecule has 0 saturated carbocycles. The molecule has 21 heavy (non-hydrogen) atoms. The first kappa shape index (κ1) is 15.5. The summed E-state index contributed by atoms with van der Waals surface area (Å²) in [5.41, 5.74) is 4.14. The molecular formula is C18H22FNO. The second-order valence-electron chi connectivity index (χ2n) is 5.52. The van der Waals surface area contributed by atoms with Gasteiger partial charge in [0.1, 0.15) is 11.6 Å². The van der Waals surface area contributed by atoms with Gasteiger partial charge in [-0.2, -0.15) is 0 Å². The molecule has 2 aromatic carbocycles. The first-order valence-electron chi connectivity index (χ1n) is 7.18. The minimum Gasteiger partial charge on any atom is -0.497 e. The highest BCUT2D eigenvalue weighted by atomic mass is 19.1. The highest BCUT2D eigenvalue weighted by Gasteiger charge is 2.10. The molecular weight excluding hydrogens is 265 g/mol. The van der Waals surface area contributed by atoms with Crippen molar-refractivity contribution in [1.82, 2.24) is 5.32 Å². The third-order valence-electron chi connectivity index (χ3n) is 3.50. The van der Waals surface area contributed by atoms with Crippen LogP contribution in [-0.4, -0.2) is 13.2 Å². The van der Waals surface area contributed by atoms with Crippen molar-refractivity contribution in [2.24, 2.45) is 0 Å². The Morgan fingerprint density at radius 1 is 1.10 bits per heavy atom. The average Bonchev–Trinajstić information content (AvgIpc) is 2.47. The molecule has 0 fully saturated rings. The number of halogens is 1. The van der Waals surface area contributed by atoms with Crippen molar-refractivity contribution in [2.75, 3.05) is 7.11 Å². The van der Waals surface area contributed by atoms with Gasteiger partial charge >= 0.3 is 0 Å². The van der Waals surface area contributed by atoms with Gasteiger partial charge in [-0.25, -0.2) is 4.39 Å². The Hall–Kier alpha value is -1.87. The Kier molecular flexibility index (Phi) is 4.97. The fourth-order valence-electron chi connectivity index (χ4n) is 2.30. The molecule has 0 aliphatic rings. The lowest BCUT2D eigenvalue weighted by molar-refractivity contribution is 0.414. The fourth-order valence-corrected chi connectivity index (χ4v) is 2.30. The molecule has 0 atom stereocenters. The van der Waals surface area contributed by atoms with Crippen molar-refractivity contribution in [3.05, 3.63) is 53.3 Å². The number of methoxy groups -OCH3 is 1. The van der Waals surface area contributed by atoms with Crippen molar-refractivity contribution in [1.29, 1.82) is 0 Å². The van der Waals surface area contributed by atoms with Gasteiger partial charge in [-0.1, -0.05) is 26.0 Å². The summed E-state index contributed by atoms with van der Waals surface area (Å²) in [5.74, 6) is 0.600. The zero-order valence-electron chi connectivity index (χ0n) is 13.0. The van der Waals surface area contributed by atoms with Gasteiger partial charge in [-0.15, -0.1) is 0 Å². The van der Waals surface area contributed by atoms with Crippen LogP contribution in [0.3, 0.4) is 0 Å². The maximum absolute atomic E-state index is 13.6. The monoisotopic (exact) mass is 287 g/mol. The summed E-state index contributed by atoms with van der Waals surface area (Å²) in [7, 11) is 1.65. The number of nitrogens with one attached hydrogen (secondary N) is 1. The summed E-state index contributed by atoms with van der Waals surface area (Å²) in [5, 5.41) is 3.41. The van der Waals surface area contributed by atoms with Gasteiger partial charge in [0.25, 0.3) is 0 Å². The minimum absolute atomic E-state index is 0.214. The number of hydrogen-bond donors (Lipinski definition) is 1. The standard InChI is InChI=1S/C18H22FNO/c1-12(2)20-11-14-9-16(21-4)7-8-17(14)18-10-15(19)6-5-13(18)3/h5-10,12,20H,11H2,1-4H3. The first-order chi connectivity index (χ1) is 10.0. The van der Waals surface area contributed by atoms with Gasteiger partial charge in [0.05, 0.1) is 7.11 Å². The fraction of sp³-hybridized carbons (Fsp3) is 0.333. The normalized spacial score (nSPS) is 11.0. The van der Waals surface area contributed by atoms with Crippen LogP contribution in [0.2, 0.25) is 0 Å². The topological polar surface area (TPSA) is 21.3 Å². The summed E-state index contributed by atoms with van der Waals surface area (Å²) >= 11 is 0. The molecule has 0 unspecified atom stereocenters. The Morgan fingerprint density at radius 2 is 1.86 bits per heavy atom. The summed E-state index contributed by atoms with van der Waals surface area (Å²) in [4.78, 5) is 0. The van der Waals surface area contributed by atoms with E-state index in [1.807, 2.05) is 31.2 Å². The molecule has 0 aromatic heterocycles. The Bertz CT molecular complexity index is 623. The average molecular weight is 287 g/mol. The number of ether oxygens (including phenoxy) is 1. The Labute approximate surface area is 126 Å². The highest BCUT2D eigenvalue weighted by molar-refractivity contribution is 5.71. The van der Waals surface area contributed by atoms with Crippen molar-refractivity contribution < 1.29 is 9.13 Å². The van der Waals surface area contributed by atoms with Gasteiger partial charge in [0.2, 0.25) is 0 Å². The second kappa shape index (κ2) is 6.72. The van der Waals surface area contributed by atoms with Crippen molar-refractivity contribution in [3.8, 4) is 16.9 Å². The van der Waals surface area contributed by atoms with E-state index in [2.05, 4.69) is 19.2 Å². The van der Waals surface area contributed by atoms with Crippen LogP contribution < -0.4 is 10.1 Å². The second-order valence-corrected chi connectivity index (χ2v) is 5.52. The van der Waals surface area contributed by atoms with Crippen LogP contribution in [0, 0.1) is 12.7 Å². The number of hydrogen-bond acceptors (Lipinski definition) is 2. The molecule has 2 rings (SSSR count). The lowest BCUT2D eigenvalue weighted by Crippen LogP contribution is -2.22. The summed E-state index contributed by atoms with van der Waals surface area (Å²) in [6, 6.07) is 11.2. The molecule has 2 aromatic rings. The molecule has 0 amide bonds. The van der Waals surface area contributed by atoms with Crippen LogP contribution in [0.25, 0.3) is 11.1 Å². The summed E-state index contributed by atoms with van der Waals surface area (Å²) in [6.07, 6.45) is 0. The predicted molar refractivity (Wildman–Crippen MR) is 85.1 cm³/mol. The zero-order chi connectivity index (χ0) is 15.4.